The maximum atomic E-state index is 5.78. The lowest BCUT2D eigenvalue weighted by molar-refractivity contribution is 0.584. The third-order valence-corrected chi connectivity index (χ3v) is 5.41. The molecule has 0 aliphatic carbocycles. The lowest BCUT2D eigenvalue weighted by Gasteiger charge is -2.24. The minimum Gasteiger partial charge on any atom is -0.356 e. The van der Waals surface area contributed by atoms with Crippen LogP contribution in [0.15, 0.2) is 23.3 Å². The summed E-state index contributed by atoms with van der Waals surface area (Å²) in [6.07, 6.45) is 5.31. The highest BCUT2D eigenvalue weighted by molar-refractivity contribution is 14.0. The SMILES string of the molecule is CN=C(NCCc1ccc(Cl)nc1)NCC1(C)CCCS1.I. The zero-order valence-electron chi connectivity index (χ0n) is 13.1. The first-order valence-electron chi connectivity index (χ1n) is 7.30. The predicted octanol–water partition coefficient (Wildman–Crippen LogP) is 3.35. The number of halogens is 2. The highest BCUT2D eigenvalue weighted by Crippen LogP contribution is 2.36. The van der Waals surface area contributed by atoms with Gasteiger partial charge >= 0.3 is 0 Å². The van der Waals surface area contributed by atoms with Crippen LogP contribution >= 0.6 is 47.3 Å². The number of thioether (sulfide) groups is 1. The third-order valence-electron chi connectivity index (χ3n) is 3.65. The van der Waals surface area contributed by atoms with Gasteiger partial charge in [-0.25, -0.2) is 4.98 Å². The molecule has 0 aromatic carbocycles. The molecule has 124 valence electrons. The van der Waals surface area contributed by atoms with Gasteiger partial charge in [0.2, 0.25) is 0 Å². The fourth-order valence-electron chi connectivity index (χ4n) is 2.35. The Morgan fingerprint density at radius 2 is 2.27 bits per heavy atom. The molecule has 2 heterocycles. The number of nitrogens with one attached hydrogen (secondary N) is 2. The van der Waals surface area contributed by atoms with Gasteiger partial charge < -0.3 is 10.6 Å². The molecule has 1 saturated heterocycles. The van der Waals surface area contributed by atoms with E-state index in [0.717, 1.165) is 25.5 Å². The average Bonchev–Trinajstić information content (AvgIpc) is 2.92. The molecule has 2 rings (SSSR count). The predicted molar refractivity (Wildman–Crippen MR) is 108 cm³/mol. The van der Waals surface area contributed by atoms with E-state index in [2.05, 4.69) is 39.3 Å². The van der Waals surface area contributed by atoms with Gasteiger partial charge in [-0.3, -0.25) is 4.99 Å². The van der Waals surface area contributed by atoms with Gasteiger partial charge in [0.1, 0.15) is 5.15 Å². The maximum absolute atomic E-state index is 5.78. The van der Waals surface area contributed by atoms with Crippen LogP contribution in [0.5, 0.6) is 0 Å². The van der Waals surface area contributed by atoms with Crippen molar-refractivity contribution in [2.45, 2.75) is 30.9 Å². The minimum atomic E-state index is 0. The van der Waals surface area contributed by atoms with Gasteiger partial charge in [-0.2, -0.15) is 11.8 Å². The second-order valence-electron chi connectivity index (χ2n) is 5.49. The Morgan fingerprint density at radius 3 is 2.86 bits per heavy atom. The first-order chi connectivity index (χ1) is 10.1. The second kappa shape index (κ2) is 9.82. The van der Waals surface area contributed by atoms with Gasteiger partial charge in [0.05, 0.1) is 0 Å². The van der Waals surface area contributed by atoms with Crippen molar-refractivity contribution in [2.24, 2.45) is 4.99 Å². The van der Waals surface area contributed by atoms with Crippen LogP contribution in [0.2, 0.25) is 5.15 Å². The van der Waals surface area contributed by atoms with Crippen LogP contribution in [0.4, 0.5) is 0 Å². The standard InChI is InChI=1S/C15H23ClN4S.HI/c1-15(7-3-9-21-15)11-20-14(17-2)18-8-6-12-4-5-13(16)19-10-12;/h4-5,10H,3,6-9,11H2,1-2H3,(H2,17,18,20);1H. The van der Waals surface area contributed by atoms with E-state index in [-0.39, 0.29) is 24.0 Å². The molecule has 0 bridgehead atoms. The molecule has 1 unspecified atom stereocenters. The number of nitrogens with zero attached hydrogens (tertiary/aromatic N) is 2. The topological polar surface area (TPSA) is 49.3 Å². The number of aliphatic imine (C=N–C) groups is 1. The summed E-state index contributed by atoms with van der Waals surface area (Å²) in [6, 6.07) is 3.82. The summed E-state index contributed by atoms with van der Waals surface area (Å²) in [7, 11) is 1.81. The van der Waals surface area contributed by atoms with Gasteiger partial charge in [0.15, 0.2) is 5.96 Å². The van der Waals surface area contributed by atoms with Crippen molar-refractivity contribution in [3.8, 4) is 0 Å². The lowest BCUT2D eigenvalue weighted by atomic mass is 10.1. The highest BCUT2D eigenvalue weighted by atomic mass is 127. The zero-order chi connectivity index (χ0) is 15.1. The zero-order valence-corrected chi connectivity index (χ0v) is 17.0. The van der Waals surface area contributed by atoms with Crippen molar-refractivity contribution in [2.75, 3.05) is 25.9 Å². The van der Waals surface area contributed by atoms with E-state index in [1.807, 2.05) is 25.4 Å². The van der Waals surface area contributed by atoms with Crippen LogP contribution < -0.4 is 10.6 Å². The molecule has 0 radical (unpaired) electrons. The molecule has 1 fully saturated rings. The highest BCUT2D eigenvalue weighted by Gasteiger charge is 2.29. The molecule has 0 saturated carbocycles. The number of aromatic nitrogens is 1. The van der Waals surface area contributed by atoms with Crippen LogP contribution in [0.1, 0.15) is 25.3 Å². The van der Waals surface area contributed by atoms with E-state index >= 15 is 0 Å². The van der Waals surface area contributed by atoms with E-state index in [9.17, 15) is 0 Å². The molecule has 1 aliphatic heterocycles. The van der Waals surface area contributed by atoms with Crippen LogP contribution in [-0.4, -0.2) is 41.6 Å². The fraction of sp³-hybridized carbons (Fsp3) is 0.600. The molecule has 1 aromatic rings. The average molecular weight is 455 g/mol. The Morgan fingerprint density at radius 1 is 1.45 bits per heavy atom. The smallest absolute Gasteiger partial charge is 0.191 e. The van der Waals surface area contributed by atoms with Crippen LogP contribution in [0.3, 0.4) is 0 Å². The maximum Gasteiger partial charge on any atom is 0.191 e. The molecule has 1 aromatic heterocycles. The summed E-state index contributed by atoms with van der Waals surface area (Å²) in [5, 5.41) is 7.30. The number of pyridine rings is 1. The Bertz CT molecular complexity index is 475. The molecule has 1 atom stereocenters. The normalized spacial score (nSPS) is 21.3. The lowest BCUT2D eigenvalue weighted by Crippen LogP contribution is -2.44. The number of hydrogen-bond donors (Lipinski definition) is 2. The Kier molecular flexibility index (Phi) is 8.86. The molecule has 2 N–H and O–H groups in total. The first-order valence-corrected chi connectivity index (χ1v) is 8.67. The minimum absolute atomic E-state index is 0. The van der Waals surface area contributed by atoms with Crippen LogP contribution in [0, 0.1) is 0 Å². The molecular formula is C15H24ClIN4S. The molecule has 22 heavy (non-hydrogen) atoms. The van der Waals surface area contributed by atoms with Gasteiger partial charge in [-0.05, 0) is 43.6 Å². The Balaban J connectivity index is 0.00000242. The summed E-state index contributed by atoms with van der Waals surface area (Å²) >= 11 is 7.83. The van der Waals surface area contributed by atoms with Crippen LogP contribution in [0.25, 0.3) is 0 Å². The number of rotatable bonds is 5. The summed E-state index contributed by atoms with van der Waals surface area (Å²) < 4.78 is 0.345. The van der Waals surface area contributed by atoms with Crippen molar-refractivity contribution in [3.63, 3.8) is 0 Å². The van der Waals surface area contributed by atoms with Crippen LogP contribution in [-0.2, 0) is 6.42 Å². The van der Waals surface area contributed by atoms with Crippen molar-refractivity contribution < 1.29 is 0 Å². The third kappa shape index (κ3) is 6.50. The monoisotopic (exact) mass is 454 g/mol. The number of hydrogen-bond acceptors (Lipinski definition) is 3. The molecule has 0 amide bonds. The molecular weight excluding hydrogens is 431 g/mol. The van der Waals surface area contributed by atoms with Crippen molar-refractivity contribution in [1.82, 2.24) is 15.6 Å². The van der Waals surface area contributed by atoms with Gasteiger partial charge in [0.25, 0.3) is 0 Å². The largest absolute Gasteiger partial charge is 0.356 e. The Labute approximate surface area is 159 Å². The summed E-state index contributed by atoms with van der Waals surface area (Å²) in [5.74, 6) is 2.14. The van der Waals surface area contributed by atoms with Crippen molar-refractivity contribution >= 4 is 53.3 Å². The Hall–Kier alpha value is -0.210. The summed E-state index contributed by atoms with van der Waals surface area (Å²) in [5.41, 5.74) is 1.17. The van der Waals surface area contributed by atoms with E-state index in [4.69, 9.17) is 11.6 Å². The van der Waals surface area contributed by atoms with Crippen molar-refractivity contribution in [3.05, 3.63) is 29.0 Å². The van der Waals surface area contributed by atoms with Gasteiger partial charge in [-0.1, -0.05) is 17.7 Å². The van der Waals surface area contributed by atoms with E-state index in [1.165, 1.54) is 24.2 Å². The molecule has 0 spiro atoms. The second-order valence-corrected chi connectivity index (χ2v) is 7.56. The number of guanidine groups is 1. The first kappa shape index (κ1) is 19.8. The van der Waals surface area contributed by atoms with E-state index < -0.39 is 0 Å². The fourth-order valence-corrected chi connectivity index (χ4v) is 3.70. The quantitative estimate of drug-likeness (QED) is 0.310. The molecule has 4 nitrogen and oxygen atoms in total. The van der Waals surface area contributed by atoms with Gasteiger partial charge in [0, 0.05) is 31.1 Å². The molecule has 1 aliphatic rings. The summed E-state index contributed by atoms with van der Waals surface area (Å²) in [6.45, 7) is 4.11. The molecule has 7 heteroatoms. The van der Waals surface area contributed by atoms with E-state index in [0.29, 0.717) is 9.90 Å². The summed E-state index contributed by atoms with van der Waals surface area (Å²) in [4.78, 5) is 8.36. The van der Waals surface area contributed by atoms with E-state index in [1.54, 1.807) is 0 Å². The van der Waals surface area contributed by atoms with Gasteiger partial charge in [-0.15, -0.1) is 24.0 Å². The van der Waals surface area contributed by atoms with Crippen molar-refractivity contribution in [1.29, 1.82) is 0 Å².